The van der Waals surface area contributed by atoms with Gasteiger partial charge in [-0.3, -0.25) is 0 Å². The molecule has 2 aromatic rings. The minimum atomic E-state index is -0.221. The van der Waals surface area contributed by atoms with E-state index < -0.39 is 0 Å². The Hall–Kier alpha value is -0.780. The second kappa shape index (κ2) is 6.59. The van der Waals surface area contributed by atoms with E-state index in [1.807, 2.05) is 24.4 Å². The van der Waals surface area contributed by atoms with E-state index in [2.05, 4.69) is 33.2 Å². The van der Waals surface area contributed by atoms with Crippen LogP contribution in [0.4, 0.5) is 4.39 Å². The van der Waals surface area contributed by atoms with E-state index in [9.17, 15) is 4.39 Å². The molecule has 1 atom stereocenters. The van der Waals surface area contributed by atoms with E-state index >= 15 is 0 Å². The zero-order chi connectivity index (χ0) is 13.8. The average Bonchev–Trinajstić information content (AvgIpc) is 2.81. The van der Waals surface area contributed by atoms with Gasteiger partial charge in [-0.1, -0.05) is 19.1 Å². The van der Waals surface area contributed by atoms with Gasteiger partial charge in [0.2, 0.25) is 0 Å². The van der Waals surface area contributed by atoms with E-state index in [0.29, 0.717) is 10.0 Å². The second-order valence-electron chi connectivity index (χ2n) is 4.32. The van der Waals surface area contributed by atoms with Gasteiger partial charge in [-0.05, 0) is 41.9 Å². The van der Waals surface area contributed by atoms with Crippen LogP contribution in [0, 0.1) is 12.7 Å². The normalized spacial score (nSPS) is 12.6. The maximum absolute atomic E-state index is 14.3. The van der Waals surface area contributed by atoms with E-state index in [1.165, 1.54) is 0 Å². The molecule has 0 amide bonds. The summed E-state index contributed by atoms with van der Waals surface area (Å²) in [4.78, 5) is 4.49. The summed E-state index contributed by atoms with van der Waals surface area (Å²) < 4.78 is 14.7. The van der Waals surface area contributed by atoms with Crippen LogP contribution in [-0.2, 0) is 0 Å². The molecule has 1 N–H and O–H groups in total. The number of nitrogens with zero attached hydrogens (tertiary/aromatic N) is 1. The average molecular weight is 343 g/mol. The summed E-state index contributed by atoms with van der Waals surface area (Å²) in [6, 6.07) is 5.18. The zero-order valence-corrected chi connectivity index (χ0v) is 13.3. The molecule has 0 aliphatic rings. The van der Waals surface area contributed by atoms with Crippen LogP contribution in [0.15, 0.2) is 28.1 Å². The maximum Gasteiger partial charge on any atom is 0.142 e. The third-order valence-electron chi connectivity index (χ3n) is 2.82. The Balaban J connectivity index is 2.39. The molecular formula is C14H16BrFN2S. The quantitative estimate of drug-likeness (QED) is 0.868. The number of hydrogen-bond acceptors (Lipinski definition) is 3. The number of benzene rings is 1. The topological polar surface area (TPSA) is 24.9 Å². The zero-order valence-electron chi connectivity index (χ0n) is 10.9. The minimum Gasteiger partial charge on any atom is -0.305 e. The molecule has 0 saturated heterocycles. The molecule has 0 aliphatic carbocycles. The molecule has 0 aliphatic heterocycles. The smallest absolute Gasteiger partial charge is 0.142 e. The summed E-state index contributed by atoms with van der Waals surface area (Å²) in [6.07, 6.45) is 0.995. The molecule has 102 valence electrons. The van der Waals surface area contributed by atoms with Crippen LogP contribution in [-0.4, -0.2) is 11.5 Å². The van der Waals surface area contributed by atoms with Crippen LogP contribution in [0.3, 0.4) is 0 Å². The van der Waals surface area contributed by atoms with E-state index in [-0.39, 0.29) is 11.9 Å². The van der Waals surface area contributed by atoms with Gasteiger partial charge in [0.25, 0.3) is 0 Å². The van der Waals surface area contributed by atoms with Crippen molar-refractivity contribution in [3.8, 4) is 0 Å². The van der Waals surface area contributed by atoms with Crippen LogP contribution >= 0.6 is 27.3 Å². The Morgan fingerprint density at radius 3 is 2.89 bits per heavy atom. The molecule has 0 bridgehead atoms. The molecule has 5 heteroatoms. The van der Waals surface area contributed by atoms with E-state index in [4.69, 9.17) is 0 Å². The molecule has 1 aromatic heterocycles. The maximum atomic E-state index is 14.3. The number of rotatable bonds is 5. The Morgan fingerprint density at radius 1 is 1.47 bits per heavy atom. The molecule has 2 nitrogen and oxygen atoms in total. The number of nitrogens with one attached hydrogen (secondary N) is 1. The van der Waals surface area contributed by atoms with Gasteiger partial charge < -0.3 is 5.32 Å². The Kier molecular flexibility index (Phi) is 5.07. The Morgan fingerprint density at radius 2 is 2.26 bits per heavy atom. The standard InChI is InChI=1S/C14H16BrFN2S/c1-3-7-17-14(12-8-19-9(2)18-12)10-5-4-6-11(15)13(10)16/h4-6,8,14,17H,3,7H2,1-2H3. The van der Waals surface area contributed by atoms with Crippen LogP contribution in [0.25, 0.3) is 0 Å². The van der Waals surface area contributed by atoms with Gasteiger partial charge in [0.1, 0.15) is 5.82 Å². The van der Waals surface area contributed by atoms with Gasteiger partial charge in [0.15, 0.2) is 0 Å². The predicted molar refractivity (Wildman–Crippen MR) is 81.1 cm³/mol. The fourth-order valence-corrected chi connectivity index (χ4v) is 2.94. The van der Waals surface area contributed by atoms with Crippen LogP contribution in [0.2, 0.25) is 0 Å². The summed E-state index contributed by atoms with van der Waals surface area (Å²) in [5.41, 5.74) is 1.51. The van der Waals surface area contributed by atoms with Crippen molar-refractivity contribution in [2.75, 3.05) is 6.54 Å². The number of aromatic nitrogens is 1. The highest BCUT2D eigenvalue weighted by Crippen LogP contribution is 2.29. The minimum absolute atomic E-state index is 0.192. The van der Waals surface area contributed by atoms with Crippen molar-refractivity contribution in [2.45, 2.75) is 26.3 Å². The first-order valence-electron chi connectivity index (χ1n) is 6.22. The molecule has 1 heterocycles. The number of halogens is 2. The monoisotopic (exact) mass is 342 g/mol. The first-order chi connectivity index (χ1) is 9.13. The van der Waals surface area contributed by atoms with Crippen molar-refractivity contribution in [1.82, 2.24) is 10.3 Å². The van der Waals surface area contributed by atoms with Crippen molar-refractivity contribution in [1.29, 1.82) is 0 Å². The van der Waals surface area contributed by atoms with Crippen LogP contribution in [0.5, 0.6) is 0 Å². The lowest BCUT2D eigenvalue weighted by molar-refractivity contribution is 0.537. The SMILES string of the molecule is CCCNC(c1csc(C)n1)c1cccc(Br)c1F. The van der Waals surface area contributed by atoms with Crippen LogP contribution in [0.1, 0.15) is 35.7 Å². The summed E-state index contributed by atoms with van der Waals surface area (Å²) >= 11 is 4.83. The van der Waals surface area contributed by atoms with Crippen molar-refractivity contribution >= 4 is 27.3 Å². The molecule has 0 fully saturated rings. The molecule has 0 spiro atoms. The molecular weight excluding hydrogens is 327 g/mol. The fraction of sp³-hybridized carbons (Fsp3) is 0.357. The second-order valence-corrected chi connectivity index (χ2v) is 6.24. The van der Waals surface area contributed by atoms with Crippen molar-refractivity contribution in [3.05, 3.63) is 50.1 Å². The summed E-state index contributed by atoms with van der Waals surface area (Å²) in [7, 11) is 0. The van der Waals surface area contributed by atoms with E-state index in [0.717, 1.165) is 23.7 Å². The van der Waals surface area contributed by atoms with Gasteiger partial charge in [0.05, 0.1) is 21.2 Å². The molecule has 0 radical (unpaired) electrons. The number of hydrogen-bond donors (Lipinski definition) is 1. The van der Waals surface area contributed by atoms with Gasteiger partial charge in [-0.25, -0.2) is 9.37 Å². The highest BCUT2D eigenvalue weighted by molar-refractivity contribution is 9.10. The Bertz CT molecular complexity index is 556. The lowest BCUT2D eigenvalue weighted by atomic mass is 10.0. The fourth-order valence-electron chi connectivity index (χ4n) is 1.92. The molecule has 19 heavy (non-hydrogen) atoms. The summed E-state index contributed by atoms with van der Waals surface area (Å²) in [5, 5.41) is 6.35. The van der Waals surface area contributed by atoms with Gasteiger partial charge in [-0.15, -0.1) is 11.3 Å². The third kappa shape index (κ3) is 3.41. The van der Waals surface area contributed by atoms with E-state index in [1.54, 1.807) is 17.4 Å². The first-order valence-corrected chi connectivity index (χ1v) is 7.90. The van der Waals surface area contributed by atoms with Gasteiger partial charge in [-0.2, -0.15) is 0 Å². The highest BCUT2D eigenvalue weighted by Gasteiger charge is 2.20. The van der Waals surface area contributed by atoms with Crippen LogP contribution < -0.4 is 5.32 Å². The van der Waals surface area contributed by atoms with Crippen molar-refractivity contribution < 1.29 is 4.39 Å². The molecule has 1 unspecified atom stereocenters. The summed E-state index contributed by atoms with van der Waals surface area (Å²) in [6.45, 7) is 4.88. The third-order valence-corrected chi connectivity index (χ3v) is 4.23. The molecule has 2 rings (SSSR count). The molecule has 1 aromatic carbocycles. The van der Waals surface area contributed by atoms with Gasteiger partial charge in [0, 0.05) is 10.9 Å². The molecule has 0 saturated carbocycles. The number of thiazole rings is 1. The lowest BCUT2D eigenvalue weighted by Gasteiger charge is -2.18. The first kappa shape index (κ1) is 14.6. The highest BCUT2D eigenvalue weighted by atomic mass is 79.9. The van der Waals surface area contributed by atoms with Crippen molar-refractivity contribution in [3.63, 3.8) is 0 Å². The lowest BCUT2D eigenvalue weighted by Crippen LogP contribution is -2.24. The predicted octanol–water partition coefficient (Wildman–Crippen LogP) is 4.44. The number of aryl methyl sites for hydroxylation is 1. The van der Waals surface area contributed by atoms with Crippen molar-refractivity contribution in [2.24, 2.45) is 0 Å². The Labute approximate surface area is 125 Å². The largest absolute Gasteiger partial charge is 0.305 e. The summed E-state index contributed by atoms with van der Waals surface area (Å²) in [5.74, 6) is -0.221. The van der Waals surface area contributed by atoms with Gasteiger partial charge >= 0.3 is 0 Å².